The Hall–Kier alpha value is -8.96. The highest BCUT2D eigenvalue weighted by Crippen LogP contribution is 2.57. The number of aromatic nitrogens is 4. The van der Waals surface area contributed by atoms with Crippen LogP contribution in [-0.4, -0.2) is 132 Å². The number of hydrogen-bond acceptors (Lipinski definition) is 18. The molecule has 3 aliphatic rings. The molecule has 0 saturated carbocycles. The summed E-state index contributed by atoms with van der Waals surface area (Å²) in [6, 6.07) is 27.4. The molecule has 23 heteroatoms. The topological polar surface area (TPSA) is 264 Å². The second-order valence-corrected chi connectivity index (χ2v) is 21.5. The lowest BCUT2D eigenvalue weighted by atomic mass is 9.77. The highest BCUT2D eigenvalue weighted by atomic mass is 35.5. The molecule has 0 bridgehead atoms. The van der Waals surface area contributed by atoms with Gasteiger partial charge in [-0.15, -0.1) is 16.7 Å². The van der Waals surface area contributed by atoms with E-state index in [2.05, 4.69) is 20.6 Å². The summed E-state index contributed by atoms with van der Waals surface area (Å²) in [6.45, 7) is 9.12. The van der Waals surface area contributed by atoms with Crippen LogP contribution in [0.25, 0.3) is 10.9 Å². The van der Waals surface area contributed by atoms with Crippen molar-refractivity contribution in [3.8, 4) is 23.0 Å². The lowest BCUT2D eigenvalue weighted by Gasteiger charge is -2.40. The molecule has 7 aromatic rings. The molecule has 86 heavy (non-hydrogen) atoms. The molecule has 0 saturated heterocycles. The summed E-state index contributed by atoms with van der Waals surface area (Å²) in [6.07, 6.45) is 1.88. The lowest BCUT2D eigenvalue weighted by Crippen LogP contribution is -2.52. The van der Waals surface area contributed by atoms with Crippen molar-refractivity contribution < 1.29 is 76.2 Å². The fraction of sp³-hybridized carbons (Fsp3) is 0.349. The van der Waals surface area contributed by atoms with Crippen molar-refractivity contribution in [3.63, 3.8) is 0 Å². The van der Waals surface area contributed by atoms with Gasteiger partial charge in [0.2, 0.25) is 11.8 Å². The Labute approximate surface area is 499 Å². The molecular weight excluding hydrogens is 1130 g/mol. The van der Waals surface area contributed by atoms with Gasteiger partial charge in [0.05, 0.1) is 94.9 Å². The largest absolute Gasteiger partial charge is 0.467 e. The normalized spacial score (nSPS) is 15.3. The number of nitrogens with one attached hydrogen (secondary N) is 2. The quantitative estimate of drug-likeness (QED) is 0.0195. The van der Waals surface area contributed by atoms with E-state index in [0.29, 0.717) is 72.0 Å². The average Bonchev–Trinajstić information content (AvgIpc) is 1.45. The Morgan fingerprint density at radius 2 is 1.43 bits per heavy atom. The number of rotatable bonds is 24. The number of alkyl halides is 1. The number of esters is 5. The van der Waals surface area contributed by atoms with Gasteiger partial charge in [-0.3, -0.25) is 19.2 Å². The summed E-state index contributed by atoms with van der Waals surface area (Å²) in [5.74, 6) is -3.56. The van der Waals surface area contributed by atoms with E-state index in [0.717, 1.165) is 22.2 Å². The summed E-state index contributed by atoms with van der Waals surface area (Å²) in [5.41, 5.74) is 4.62. The first-order valence-electron chi connectivity index (χ1n) is 28.0. The van der Waals surface area contributed by atoms with Crippen molar-refractivity contribution in [2.24, 2.45) is 11.8 Å². The number of halogens is 1. The van der Waals surface area contributed by atoms with E-state index < -0.39 is 65.3 Å². The number of benzene rings is 5. The van der Waals surface area contributed by atoms with Crippen molar-refractivity contribution in [2.75, 3.05) is 59.2 Å². The molecule has 0 unspecified atom stereocenters. The van der Waals surface area contributed by atoms with E-state index in [1.165, 1.54) is 12.0 Å². The number of para-hydroxylation sites is 1. The third kappa shape index (κ3) is 12.8. The van der Waals surface area contributed by atoms with Gasteiger partial charge in [0.15, 0.2) is 5.60 Å². The molecule has 5 aromatic carbocycles. The van der Waals surface area contributed by atoms with Crippen LogP contribution in [0.2, 0.25) is 0 Å². The van der Waals surface area contributed by atoms with Gasteiger partial charge in [0.1, 0.15) is 47.2 Å². The Balaban J connectivity index is 0.639. The zero-order valence-electron chi connectivity index (χ0n) is 47.9. The highest BCUT2D eigenvalue weighted by Gasteiger charge is 2.54. The van der Waals surface area contributed by atoms with E-state index >= 15 is 0 Å². The molecule has 2 N–H and O–H groups in total. The zero-order valence-corrected chi connectivity index (χ0v) is 48.6. The van der Waals surface area contributed by atoms with Crippen LogP contribution in [0.3, 0.4) is 0 Å². The summed E-state index contributed by atoms with van der Waals surface area (Å²) in [4.78, 5) is 96.5. The minimum Gasteiger partial charge on any atom is -0.467 e. The number of hydrogen-bond donors (Lipinski definition) is 2. The number of nitrogens with zero attached hydrogens (tertiary/aromatic N) is 4. The van der Waals surface area contributed by atoms with Gasteiger partial charge in [-0.25, -0.2) is 19.1 Å². The van der Waals surface area contributed by atoms with Crippen LogP contribution < -0.4 is 19.5 Å². The molecule has 0 aliphatic carbocycles. The number of fused-ring (bicyclic) bond motifs is 9. The molecule has 22 nitrogen and oxygen atoms in total. The van der Waals surface area contributed by atoms with Gasteiger partial charge in [0, 0.05) is 58.4 Å². The second-order valence-electron chi connectivity index (χ2n) is 21.2. The van der Waals surface area contributed by atoms with Gasteiger partial charge in [-0.05, 0) is 71.3 Å². The van der Waals surface area contributed by atoms with E-state index in [-0.39, 0.29) is 79.6 Å². The molecule has 2 aromatic heterocycles. The first-order chi connectivity index (χ1) is 41.6. The SMILES string of the molecule is COC(=O)[C@H]1Cc2c([nH]c3ccccc23)[C@@H](c2ccc(C(=O)OCc3cn(CCOCCOCCOCCNC(=O)Cc4ccc5c(c4)C4(OC5=O)c5ccc(OC(=O)C(C)C)cc5Oc5cc(OC(=O)C(C)C)ccc54)nn3)cc2)N1C(=O)CCl. The number of amides is 2. The predicted octanol–water partition coefficient (Wildman–Crippen LogP) is 7.47. The van der Waals surface area contributed by atoms with E-state index in [4.69, 9.17) is 54.2 Å². The van der Waals surface area contributed by atoms with Crippen molar-refractivity contribution in [3.05, 3.63) is 165 Å². The van der Waals surface area contributed by atoms with Crippen molar-refractivity contribution in [1.29, 1.82) is 0 Å². The Morgan fingerprint density at radius 3 is 2.08 bits per heavy atom. The van der Waals surface area contributed by atoms with E-state index in [1.807, 2.05) is 24.3 Å². The molecule has 448 valence electrons. The second kappa shape index (κ2) is 26.5. The van der Waals surface area contributed by atoms with Gasteiger partial charge < -0.3 is 57.8 Å². The number of ether oxygens (including phenoxy) is 9. The van der Waals surface area contributed by atoms with Crippen molar-refractivity contribution in [2.45, 2.75) is 71.4 Å². The summed E-state index contributed by atoms with van der Waals surface area (Å²) < 4.78 is 53.1. The molecule has 10 rings (SSSR count). The van der Waals surface area contributed by atoms with Gasteiger partial charge in [-0.1, -0.05) is 69.3 Å². The summed E-state index contributed by atoms with van der Waals surface area (Å²) in [7, 11) is 1.28. The van der Waals surface area contributed by atoms with Gasteiger partial charge in [-0.2, -0.15) is 0 Å². The number of aromatic amines is 1. The van der Waals surface area contributed by atoms with Crippen LogP contribution in [0.5, 0.6) is 23.0 Å². The average molecular weight is 1200 g/mol. The van der Waals surface area contributed by atoms with Crippen LogP contribution in [0.4, 0.5) is 0 Å². The van der Waals surface area contributed by atoms with E-state index in [9.17, 15) is 33.6 Å². The number of methoxy groups -OCH3 is 1. The summed E-state index contributed by atoms with van der Waals surface area (Å²) >= 11 is 6.09. The third-order valence-electron chi connectivity index (χ3n) is 14.7. The van der Waals surface area contributed by atoms with Crippen LogP contribution in [0.15, 0.2) is 109 Å². The van der Waals surface area contributed by atoms with Crippen LogP contribution in [0.1, 0.15) is 99.2 Å². The first kappa shape index (κ1) is 60.2. The molecular formula is C63H63ClN6O16. The molecule has 2 amide bonds. The highest BCUT2D eigenvalue weighted by molar-refractivity contribution is 6.27. The van der Waals surface area contributed by atoms with Crippen LogP contribution in [0, 0.1) is 11.8 Å². The molecule has 1 spiro atoms. The fourth-order valence-electron chi connectivity index (χ4n) is 10.5. The summed E-state index contributed by atoms with van der Waals surface area (Å²) in [5, 5.41) is 12.0. The van der Waals surface area contributed by atoms with Crippen LogP contribution in [-0.2, 0) is 84.0 Å². The maximum Gasteiger partial charge on any atom is 0.340 e. The number of carbonyl (C=O) groups is 7. The van der Waals surface area contributed by atoms with Gasteiger partial charge in [0.25, 0.3) is 0 Å². The maximum absolute atomic E-state index is 13.7. The molecule has 2 atom stereocenters. The fourth-order valence-corrected chi connectivity index (χ4v) is 10.7. The molecule has 0 radical (unpaired) electrons. The lowest BCUT2D eigenvalue weighted by molar-refractivity contribution is -0.154. The minimum absolute atomic E-state index is 0.0170. The predicted molar refractivity (Wildman–Crippen MR) is 308 cm³/mol. The Morgan fingerprint density at radius 1 is 0.779 bits per heavy atom. The zero-order chi connectivity index (χ0) is 60.6. The number of carbonyl (C=O) groups excluding carboxylic acids is 7. The Bertz CT molecular complexity index is 3640. The maximum atomic E-state index is 13.7. The smallest absolute Gasteiger partial charge is 0.340 e. The standard InChI is InChI=1S/C63H63ClN6O16/c1-36(2)58(73)83-42-15-18-47-52(30-42)85-53-31-43(84-59(74)37(3)4)16-19-48(53)63(47)49-28-38(10-17-45(49)61(76)86-63)29-54(71)65-20-22-79-24-26-81-27-25-80-23-21-69-34-41(67-68-69)35-82-60(75)40-13-11-39(12-14-40)57-56-46(44-8-6-7-9-50(44)66-56)32-51(62(77)78-5)70(57)55(72)33-64/h6-19,28,30-31,34,36-37,51,57,66H,20-27,29,32-33,35H2,1-5H3,(H,65,71)/t51-,57-/m1/s1. The first-order valence-corrected chi connectivity index (χ1v) is 28.6. The third-order valence-corrected chi connectivity index (χ3v) is 15.0. The van der Waals surface area contributed by atoms with Crippen LogP contribution >= 0.6 is 11.6 Å². The molecule has 3 aliphatic heterocycles. The molecule has 0 fully saturated rings. The van der Waals surface area contributed by atoms with Gasteiger partial charge >= 0.3 is 29.8 Å². The number of H-pyrrole nitrogens is 1. The van der Waals surface area contributed by atoms with E-state index in [1.54, 1.807) is 117 Å². The Kier molecular flexibility index (Phi) is 18.6. The van der Waals surface area contributed by atoms with Crippen molar-refractivity contribution >= 4 is 64.2 Å². The minimum atomic E-state index is -1.53. The van der Waals surface area contributed by atoms with Crippen molar-refractivity contribution in [1.82, 2.24) is 30.2 Å². The monoisotopic (exact) mass is 1190 g/mol. The molecule has 5 heterocycles.